The summed E-state index contributed by atoms with van der Waals surface area (Å²) >= 11 is 0. The summed E-state index contributed by atoms with van der Waals surface area (Å²) < 4.78 is 10.8. The van der Waals surface area contributed by atoms with Crippen LogP contribution in [0, 0.1) is 0 Å². The zero-order valence-corrected chi connectivity index (χ0v) is 13.9. The summed E-state index contributed by atoms with van der Waals surface area (Å²) in [6, 6.07) is 24.2. The Labute approximate surface area is 147 Å². The lowest BCUT2D eigenvalue weighted by Gasteiger charge is -2.08. The van der Waals surface area contributed by atoms with Gasteiger partial charge in [0.05, 0.1) is 7.11 Å². The lowest BCUT2D eigenvalue weighted by molar-refractivity contribution is 0.102. The number of carbonyl (C=O) groups is 1. The van der Waals surface area contributed by atoms with Crippen molar-refractivity contribution in [2.24, 2.45) is 0 Å². The van der Waals surface area contributed by atoms with Crippen molar-refractivity contribution in [1.82, 2.24) is 0 Å². The third-order valence-corrected chi connectivity index (χ3v) is 3.71. The molecule has 0 fully saturated rings. The first-order valence-electron chi connectivity index (χ1n) is 7.97. The Morgan fingerprint density at radius 2 is 1.48 bits per heavy atom. The van der Waals surface area contributed by atoms with E-state index in [9.17, 15) is 4.79 Å². The van der Waals surface area contributed by atoms with Gasteiger partial charge in [-0.1, -0.05) is 30.3 Å². The van der Waals surface area contributed by atoms with Gasteiger partial charge in [-0.3, -0.25) is 4.79 Å². The molecule has 25 heavy (non-hydrogen) atoms. The number of rotatable bonds is 6. The lowest BCUT2D eigenvalue weighted by Crippen LogP contribution is -2.11. The molecule has 0 saturated heterocycles. The Kier molecular flexibility index (Phi) is 5.32. The number of anilines is 1. The molecule has 0 aromatic heterocycles. The first-order chi connectivity index (χ1) is 12.2. The van der Waals surface area contributed by atoms with Crippen molar-refractivity contribution in [1.29, 1.82) is 0 Å². The highest BCUT2D eigenvalue weighted by Gasteiger charge is 2.06. The van der Waals surface area contributed by atoms with Crippen LogP contribution in [0.4, 0.5) is 5.69 Å². The molecule has 126 valence electrons. The van der Waals surface area contributed by atoms with Gasteiger partial charge >= 0.3 is 0 Å². The number of carbonyl (C=O) groups excluding carboxylic acids is 1. The fourth-order valence-electron chi connectivity index (χ4n) is 2.32. The molecular weight excluding hydrogens is 314 g/mol. The molecule has 0 unspecified atom stereocenters. The molecule has 3 aromatic carbocycles. The van der Waals surface area contributed by atoms with E-state index in [1.54, 1.807) is 19.2 Å². The van der Waals surface area contributed by atoms with E-state index in [1.807, 2.05) is 66.7 Å². The summed E-state index contributed by atoms with van der Waals surface area (Å²) in [6.07, 6.45) is 0. The Balaban J connectivity index is 1.57. The second-order valence-electron chi connectivity index (χ2n) is 5.48. The Morgan fingerprint density at radius 1 is 0.840 bits per heavy atom. The first-order valence-corrected chi connectivity index (χ1v) is 7.97. The van der Waals surface area contributed by atoms with Crippen LogP contribution in [-0.2, 0) is 6.61 Å². The maximum absolute atomic E-state index is 12.2. The lowest BCUT2D eigenvalue weighted by atomic mass is 10.1. The number of methoxy groups -OCH3 is 1. The minimum atomic E-state index is -0.131. The summed E-state index contributed by atoms with van der Waals surface area (Å²) in [5, 5.41) is 2.86. The van der Waals surface area contributed by atoms with Gasteiger partial charge in [0.15, 0.2) is 0 Å². The first kappa shape index (κ1) is 16.6. The molecule has 0 spiro atoms. The number of amides is 1. The predicted octanol–water partition coefficient (Wildman–Crippen LogP) is 4.53. The molecule has 0 saturated carbocycles. The molecular formula is C21H19NO3. The quantitative estimate of drug-likeness (QED) is 0.721. The van der Waals surface area contributed by atoms with E-state index >= 15 is 0 Å². The van der Waals surface area contributed by atoms with E-state index in [-0.39, 0.29) is 5.91 Å². The minimum Gasteiger partial charge on any atom is -0.497 e. The van der Waals surface area contributed by atoms with E-state index in [0.29, 0.717) is 12.2 Å². The molecule has 1 amide bonds. The van der Waals surface area contributed by atoms with Gasteiger partial charge in [0.2, 0.25) is 0 Å². The van der Waals surface area contributed by atoms with Gasteiger partial charge in [-0.25, -0.2) is 0 Å². The summed E-state index contributed by atoms with van der Waals surface area (Å²) in [7, 11) is 1.63. The van der Waals surface area contributed by atoms with Gasteiger partial charge in [0, 0.05) is 11.3 Å². The number of para-hydroxylation sites is 1. The molecule has 4 heteroatoms. The van der Waals surface area contributed by atoms with Gasteiger partial charge in [0.1, 0.15) is 18.1 Å². The predicted molar refractivity (Wildman–Crippen MR) is 98.2 cm³/mol. The number of ether oxygens (including phenoxy) is 2. The second-order valence-corrected chi connectivity index (χ2v) is 5.48. The molecule has 4 nitrogen and oxygen atoms in total. The molecule has 0 aliphatic rings. The largest absolute Gasteiger partial charge is 0.497 e. The van der Waals surface area contributed by atoms with E-state index in [4.69, 9.17) is 9.47 Å². The van der Waals surface area contributed by atoms with Crippen LogP contribution >= 0.6 is 0 Å². The SMILES string of the molecule is COc1ccc(OCc2ccc(C(=O)Nc3ccccc3)cc2)cc1. The smallest absolute Gasteiger partial charge is 0.255 e. The van der Waals surface area contributed by atoms with Gasteiger partial charge in [-0.15, -0.1) is 0 Å². The van der Waals surface area contributed by atoms with Crippen LogP contribution in [0.3, 0.4) is 0 Å². The van der Waals surface area contributed by atoms with Crippen LogP contribution < -0.4 is 14.8 Å². The monoisotopic (exact) mass is 333 g/mol. The Hall–Kier alpha value is -3.27. The number of nitrogens with one attached hydrogen (secondary N) is 1. The highest BCUT2D eigenvalue weighted by Crippen LogP contribution is 2.18. The van der Waals surface area contributed by atoms with Gasteiger partial charge in [-0.05, 0) is 54.1 Å². The van der Waals surface area contributed by atoms with Crippen LogP contribution in [0.1, 0.15) is 15.9 Å². The zero-order valence-electron chi connectivity index (χ0n) is 13.9. The van der Waals surface area contributed by atoms with Crippen LogP contribution in [0.25, 0.3) is 0 Å². The van der Waals surface area contributed by atoms with E-state index < -0.39 is 0 Å². The molecule has 0 bridgehead atoms. The van der Waals surface area contributed by atoms with Crippen LogP contribution in [0.5, 0.6) is 11.5 Å². The van der Waals surface area contributed by atoms with Gasteiger partial charge in [0.25, 0.3) is 5.91 Å². The molecule has 0 radical (unpaired) electrons. The van der Waals surface area contributed by atoms with Crippen LogP contribution in [-0.4, -0.2) is 13.0 Å². The molecule has 0 aliphatic heterocycles. The van der Waals surface area contributed by atoms with Crippen molar-refractivity contribution in [2.45, 2.75) is 6.61 Å². The van der Waals surface area contributed by atoms with Crippen molar-refractivity contribution in [3.05, 3.63) is 90.0 Å². The molecule has 3 aromatic rings. The average molecular weight is 333 g/mol. The van der Waals surface area contributed by atoms with Crippen molar-refractivity contribution in [3.63, 3.8) is 0 Å². The Bertz CT molecular complexity index is 812. The number of hydrogen-bond donors (Lipinski definition) is 1. The molecule has 0 aliphatic carbocycles. The topological polar surface area (TPSA) is 47.6 Å². The molecule has 3 rings (SSSR count). The molecule has 0 atom stereocenters. The summed E-state index contributed by atoms with van der Waals surface area (Å²) in [5.74, 6) is 1.43. The van der Waals surface area contributed by atoms with Crippen molar-refractivity contribution in [3.8, 4) is 11.5 Å². The Morgan fingerprint density at radius 3 is 2.12 bits per heavy atom. The van der Waals surface area contributed by atoms with Gasteiger partial charge < -0.3 is 14.8 Å². The average Bonchev–Trinajstić information content (AvgIpc) is 2.68. The van der Waals surface area contributed by atoms with Crippen molar-refractivity contribution < 1.29 is 14.3 Å². The van der Waals surface area contributed by atoms with Crippen molar-refractivity contribution >= 4 is 11.6 Å². The summed E-state index contributed by atoms with van der Waals surface area (Å²) in [6.45, 7) is 0.437. The van der Waals surface area contributed by atoms with E-state index in [2.05, 4.69) is 5.32 Å². The highest BCUT2D eigenvalue weighted by atomic mass is 16.5. The summed E-state index contributed by atoms with van der Waals surface area (Å²) in [4.78, 5) is 12.2. The summed E-state index contributed by atoms with van der Waals surface area (Å²) in [5.41, 5.74) is 2.38. The highest BCUT2D eigenvalue weighted by molar-refractivity contribution is 6.04. The maximum Gasteiger partial charge on any atom is 0.255 e. The second kappa shape index (κ2) is 8.02. The maximum atomic E-state index is 12.2. The number of benzene rings is 3. The van der Waals surface area contributed by atoms with E-state index in [0.717, 1.165) is 22.7 Å². The third kappa shape index (κ3) is 4.61. The van der Waals surface area contributed by atoms with Gasteiger partial charge in [-0.2, -0.15) is 0 Å². The minimum absolute atomic E-state index is 0.131. The van der Waals surface area contributed by atoms with Crippen LogP contribution in [0.15, 0.2) is 78.9 Å². The van der Waals surface area contributed by atoms with Crippen molar-refractivity contribution in [2.75, 3.05) is 12.4 Å². The fraction of sp³-hybridized carbons (Fsp3) is 0.0952. The van der Waals surface area contributed by atoms with Crippen LogP contribution in [0.2, 0.25) is 0 Å². The number of hydrogen-bond acceptors (Lipinski definition) is 3. The normalized spacial score (nSPS) is 10.1. The zero-order chi connectivity index (χ0) is 17.5. The van der Waals surface area contributed by atoms with E-state index in [1.165, 1.54) is 0 Å². The molecule has 0 heterocycles. The third-order valence-electron chi connectivity index (χ3n) is 3.71. The standard InChI is InChI=1S/C21H19NO3/c1-24-19-11-13-20(14-12-19)25-15-16-7-9-17(10-8-16)21(23)22-18-5-3-2-4-6-18/h2-14H,15H2,1H3,(H,22,23). The molecule has 1 N–H and O–H groups in total. The fourth-order valence-corrected chi connectivity index (χ4v) is 2.32.